The number of benzene rings is 5. The van der Waals surface area contributed by atoms with Gasteiger partial charge in [0.25, 0.3) is 11.8 Å². The molecule has 1 aliphatic heterocycles. The standard InChI is InChI=1S/C34H21Br2NO5S/c35-24-15-19(29-20-8-2-1-7-18(20)17-28-30(29)23-11-5-6-12-27(23)43-28)16-25(36)31(24)42-26(34(40)41)13-14-37-32(38)21-9-3-4-10-22(21)33(37)39/h1-12,15-17,26H,13-14H2,(H,40,41)/t26-/m1/s1. The number of amides is 2. The number of carboxylic acids is 1. The molecule has 0 spiro atoms. The number of ether oxygens (including phenoxy) is 1. The Morgan fingerprint density at radius 2 is 1.42 bits per heavy atom. The number of hydrogen-bond donors (Lipinski definition) is 1. The summed E-state index contributed by atoms with van der Waals surface area (Å²) in [6.45, 7) is -0.0874. The van der Waals surface area contributed by atoms with Crippen LogP contribution in [0.2, 0.25) is 0 Å². The average molecular weight is 715 g/mol. The van der Waals surface area contributed by atoms with E-state index in [-0.39, 0.29) is 13.0 Å². The Hall–Kier alpha value is -4.05. The zero-order valence-electron chi connectivity index (χ0n) is 22.3. The highest BCUT2D eigenvalue weighted by atomic mass is 79.9. The van der Waals surface area contributed by atoms with Crippen molar-refractivity contribution in [3.8, 4) is 16.9 Å². The van der Waals surface area contributed by atoms with Crippen LogP contribution in [0.1, 0.15) is 27.1 Å². The molecule has 0 unspecified atom stereocenters. The lowest BCUT2D eigenvalue weighted by Gasteiger charge is -2.21. The highest BCUT2D eigenvalue weighted by molar-refractivity contribution is 9.11. The number of thiophene rings is 1. The largest absolute Gasteiger partial charge is 0.479 e. The second kappa shape index (κ2) is 10.9. The van der Waals surface area contributed by atoms with Crippen molar-refractivity contribution in [1.29, 1.82) is 0 Å². The van der Waals surface area contributed by atoms with Crippen molar-refractivity contribution in [3.63, 3.8) is 0 Å². The fraction of sp³-hybridized carbons (Fsp3) is 0.0882. The van der Waals surface area contributed by atoms with Gasteiger partial charge in [0.2, 0.25) is 0 Å². The summed E-state index contributed by atoms with van der Waals surface area (Å²) in [5.74, 6) is -1.73. The Bertz CT molecular complexity index is 2080. The second-order valence-electron chi connectivity index (χ2n) is 10.3. The van der Waals surface area contributed by atoms with E-state index in [0.717, 1.165) is 32.2 Å². The molecule has 0 saturated heterocycles. The number of fused-ring (bicyclic) bond motifs is 5. The normalized spacial score (nSPS) is 13.7. The van der Waals surface area contributed by atoms with E-state index >= 15 is 0 Å². The van der Waals surface area contributed by atoms with E-state index < -0.39 is 23.9 Å². The van der Waals surface area contributed by atoms with Crippen molar-refractivity contribution in [2.24, 2.45) is 0 Å². The minimum atomic E-state index is -1.30. The van der Waals surface area contributed by atoms with Crippen molar-refractivity contribution in [2.45, 2.75) is 12.5 Å². The maximum atomic E-state index is 12.8. The van der Waals surface area contributed by atoms with Crippen LogP contribution >= 0.6 is 43.2 Å². The molecule has 1 aromatic heterocycles. The van der Waals surface area contributed by atoms with Crippen LogP contribution in [0.15, 0.2) is 99.9 Å². The first-order valence-corrected chi connectivity index (χ1v) is 15.9. The van der Waals surface area contributed by atoms with Crippen molar-refractivity contribution in [2.75, 3.05) is 6.54 Å². The summed E-state index contributed by atoms with van der Waals surface area (Å²) in [4.78, 5) is 38.9. The number of nitrogens with zero attached hydrogens (tertiary/aromatic N) is 1. The first-order chi connectivity index (χ1) is 20.8. The molecule has 7 rings (SSSR count). The van der Waals surface area contributed by atoms with Gasteiger partial charge < -0.3 is 9.84 Å². The monoisotopic (exact) mass is 713 g/mol. The van der Waals surface area contributed by atoms with Crippen LogP contribution in [-0.2, 0) is 4.79 Å². The summed E-state index contributed by atoms with van der Waals surface area (Å²) in [6.07, 6.45) is -1.38. The van der Waals surface area contributed by atoms with Gasteiger partial charge in [0.1, 0.15) is 5.75 Å². The highest BCUT2D eigenvalue weighted by Crippen LogP contribution is 2.47. The molecule has 43 heavy (non-hydrogen) atoms. The number of hydrogen-bond acceptors (Lipinski definition) is 5. The third-order valence-corrected chi connectivity index (χ3v) is 10.0. The minimum Gasteiger partial charge on any atom is -0.479 e. The number of halogens is 2. The highest BCUT2D eigenvalue weighted by Gasteiger charge is 2.36. The summed E-state index contributed by atoms with van der Waals surface area (Å²) in [6, 6.07) is 29.3. The number of imide groups is 1. The fourth-order valence-electron chi connectivity index (χ4n) is 5.73. The number of carbonyl (C=O) groups excluding carboxylic acids is 2. The molecular formula is C34H21Br2NO5S. The van der Waals surface area contributed by atoms with E-state index in [4.69, 9.17) is 4.74 Å². The predicted molar refractivity (Wildman–Crippen MR) is 176 cm³/mol. The smallest absolute Gasteiger partial charge is 0.344 e. The molecule has 0 fully saturated rings. The molecule has 1 atom stereocenters. The van der Waals surface area contributed by atoms with Gasteiger partial charge in [0.05, 0.1) is 20.1 Å². The van der Waals surface area contributed by atoms with E-state index in [2.05, 4.69) is 62.2 Å². The maximum Gasteiger partial charge on any atom is 0.344 e. The number of carboxylic acid groups (broad SMARTS) is 1. The summed E-state index contributed by atoms with van der Waals surface area (Å²) in [5.41, 5.74) is 2.66. The summed E-state index contributed by atoms with van der Waals surface area (Å²) in [7, 11) is 0. The Kier molecular flexibility index (Phi) is 7.04. The number of aliphatic carboxylic acids is 1. The van der Waals surface area contributed by atoms with Gasteiger partial charge in [-0.15, -0.1) is 11.3 Å². The van der Waals surface area contributed by atoms with Gasteiger partial charge in [0, 0.05) is 33.1 Å². The molecule has 6 aromatic rings. The first-order valence-electron chi connectivity index (χ1n) is 13.5. The van der Waals surface area contributed by atoms with Crippen molar-refractivity contribution in [1.82, 2.24) is 4.90 Å². The van der Waals surface area contributed by atoms with E-state index in [1.54, 1.807) is 35.6 Å². The topological polar surface area (TPSA) is 83.9 Å². The molecule has 9 heteroatoms. The zero-order valence-corrected chi connectivity index (χ0v) is 26.3. The second-order valence-corrected chi connectivity index (χ2v) is 13.0. The molecule has 5 aromatic carbocycles. The van der Waals surface area contributed by atoms with E-state index in [1.807, 2.05) is 36.4 Å². The third kappa shape index (κ3) is 4.72. The van der Waals surface area contributed by atoms with Crippen LogP contribution in [0.3, 0.4) is 0 Å². The van der Waals surface area contributed by atoms with Crippen LogP contribution in [0, 0.1) is 0 Å². The molecule has 0 radical (unpaired) electrons. The van der Waals surface area contributed by atoms with Gasteiger partial charge in [0.15, 0.2) is 6.10 Å². The molecule has 0 aliphatic carbocycles. The summed E-state index contributed by atoms with van der Waals surface area (Å²) >= 11 is 9.02. The average Bonchev–Trinajstić information content (AvgIpc) is 3.49. The van der Waals surface area contributed by atoms with Gasteiger partial charge in [-0.3, -0.25) is 14.5 Å². The molecule has 0 saturated carbocycles. The van der Waals surface area contributed by atoms with Crippen molar-refractivity contribution >= 4 is 91.9 Å². The Balaban J connectivity index is 1.24. The maximum absolute atomic E-state index is 12.8. The molecule has 1 aliphatic rings. The number of rotatable bonds is 7. The van der Waals surface area contributed by atoms with E-state index in [9.17, 15) is 19.5 Å². The van der Waals surface area contributed by atoms with Gasteiger partial charge >= 0.3 is 5.97 Å². The lowest BCUT2D eigenvalue weighted by atomic mass is 9.93. The van der Waals surface area contributed by atoms with Crippen LogP contribution < -0.4 is 4.74 Å². The van der Waals surface area contributed by atoms with Crippen molar-refractivity contribution in [3.05, 3.63) is 111 Å². The Labute approximate surface area is 266 Å². The lowest BCUT2D eigenvalue weighted by Crippen LogP contribution is -2.36. The lowest BCUT2D eigenvalue weighted by molar-refractivity contribution is -0.145. The molecular weight excluding hydrogens is 694 g/mol. The Morgan fingerprint density at radius 3 is 2.09 bits per heavy atom. The number of carbonyl (C=O) groups is 3. The van der Waals surface area contributed by atoms with Crippen LogP contribution in [-0.4, -0.2) is 40.4 Å². The Morgan fingerprint density at radius 1 is 0.814 bits per heavy atom. The molecule has 2 heterocycles. The minimum absolute atomic E-state index is 0.0771. The van der Waals surface area contributed by atoms with Crippen LogP contribution in [0.5, 0.6) is 5.75 Å². The molecule has 1 N–H and O–H groups in total. The summed E-state index contributed by atoms with van der Waals surface area (Å²) in [5, 5.41) is 14.6. The first kappa shape index (κ1) is 27.8. The summed E-state index contributed by atoms with van der Waals surface area (Å²) < 4.78 is 9.56. The van der Waals surface area contributed by atoms with E-state index in [0.29, 0.717) is 25.8 Å². The predicted octanol–water partition coefficient (Wildman–Crippen LogP) is 8.92. The van der Waals surface area contributed by atoms with Gasteiger partial charge in [-0.1, -0.05) is 54.6 Å². The fourth-order valence-corrected chi connectivity index (χ4v) is 8.27. The van der Waals surface area contributed by atoms with Crippen LogP contribution in [0.25, 0.3) is 42.1 Å². The molecule has 212 valence electrons. The molecule has 6 nitrogen and oxygen atoms in total. The SMILES string of the molecule is O=C(O)[C@@H](CCN1C(=O)c2ccccc2C1=O)Oc1c(Br)cc(-c2c3ccccc3cc3sc4ccccc4c23)cc1Br. The molecule has 2 amide bonds. The quantitative estimate of drug-likeness (QED) is 0.167. The van der Waals surface area contributed by atoms with Gasteiger partial charge in [-0.2, -0.15) is 0 Å². The van der Waals surface area contributed by atoms with Crippen LogP contribution in [0.4, 0.5) is 0 Å². The molecule has 0 bridgehead atoms. The third-order valence-electron chi connectivity index (χ3n) is 7.71. The zero-order chi connectivity index (χ0) is 29.8. The van der Waals surface area contributed by atoms with E-state index in [1.165, 1.54) is 14.8 Å². The van der Waals surface area contributed by atoms with Crippen molar-refractivity contribution < 1.29 is 24.2 Å². The van der Waals surface area contributed by atoms with Gasteiger partial charge in [-0.05, 0) is 90.2 Å². The van der Waals surface area contributed by atoms with Gasteiger partial charge in [-0.25, -0.2) is 4.79 Å².